The maximum atomic E-state index is 11.9. The first-order chi connectivity index (χ1) is 10.7. The Morgan fingerprint density at radius 1 is 1.23 bits per heavy atom. The van der Waals surface area contributed by atoms with Crippen LogP contribution in [-0.2, 0) is 11.3 Å². The zero-order chi connectivity index (χ0) is 15.9. The van der Waals surface area contributed by atoms with Crippen molar-refractivity contribution in [1.82, 2.24) is 4.90 Å². The van der Waals surface area contributed by atoms with Crippen LogP contribution in [-0.4, -0.2) is 24.5 Å². The number of nitrogens with zero attached hydrogens (tertiary/aromatic N) is 1. The van der Waals surface area contributed by atoms with Gasteiger partial charge in [-0.3, -0.25) is 4.79 Å². The van der Waals surface area contributed by atoms with Gasteiger partial charge in [0.25, 0.3) is 5.91 Å². The Kier molecular flexibility index (Phi) is 5.43. The second-order valence-corrected chi connectivity index (χ2v) is 5.15. The summed E-state index contributed by atoms with van der Waals surface area (Å²) in [4.78, 5) is 13.5. The molecule has 0 spiro atoms. The van der Waals surface area contributed by atoms with Crippen LogP contribution in [0.2, 0.25) is 0 Å². The van der Waals surface area contributed by atoms with Crippen molar-refractivity contribution in [3.05, 3.63) is 42.0 Å². The fraction of sp³-hybridized carbons (Fsp3) is 0.316. The lowest BCUT2D eigenvalue weighted by Crippen LogP contribution is -2.25. The first-order valence-corrected chi connectivity index (χ1v) is 7.48. The summed E-state index contributed by atoms with van der Waals surface area (Å²) in [6.07, 6.45) is 0.947. The summed E-state index contributed by atoms with van der Waals surface area (Å²) in [5.41, 5.74) is 1.03. The predicted molar refractivity (Wildman–Crippen MR) is 89.7 cm³/mol. The van der Waals surface area contributed by atoms with E-state index in [1.54, 1.807) is 18.9 Å². The van der Waals surface area contributed by atoms with E-state index in [9.17, 15) is 4.79 Å². The van der Waals surface area contributed by atoms with Gasteiger partial charge in [-0.15, -0.1) is 0 Å². The van der Waals surface area contributed by atoms with Crippen molar-refractivity contribution in [3.8, 4) is 17.6 Å². The molecule has 0 aliphatic carbocycles. The zero-order valence-corrected chi connectivity index (χ0v) is 13.3. The molecular weight excluding hydrogens is 274 g/mol. The lowest BCUT2D eigenvalue weighted by Gasteiger charge is -2.19. The molecule has 0 unspecified atom stereocenters. The highest BCUT2D eigenvalue weighted by Gasteiger charge is 2.13. The number of hydrogen-bond donors (Lipinski definition) is 0. The maximum Gasteiger partial charge on any atom is 0.298 e. The number of hydrogen-bond acceptors (Lipinski definition) is 2. The Morgan fingerprint density at radius 3 is 2.73 bits per heavy atom. The molecule has 2 aromatic carbocycles. The average molecular weight is 295 g/mol. The van der Waals surface area contributed by atoms with Crippen LogP contribution in [0.5, 0.6) is 5.75 Å². The Hall–Kier alpha value is -2.47. The van der Waals surface area contributed by atoms with E-state index in [1.807, 2.05) is 18.2 Å². The zero-order valence-electron chi connectivity index (χ0n) is 13.3. The molecule has 0 aliphatic heterocycles. The predicted octanol–water partition coefficient (Wildman–Crippen LogP) is 3.61. The molecule has 0 aliphatic rings. The first-order valence-electron chi connectivity index (χ1n) is 7.48. The summed E-state index contributed by atoms with van der Waals surface area (Å²) in [5.74, 6) is 5.87. The number of fused-ring (bicyclic) bond motifs is 1. The summed E-state index contributed by atoms with van der Waals surface area (Å²) < 4.78 is 5.86. The van der Waals surface area contributed by atoms with E-state index in [4.69, 9.17) is 4.74 Å². The van der Waals surface area contributed by atoms with E-state index in [-0.39, 0.29) is 5.91 Å². The summed E-state index contributed by atoms with van der Waals surface area (Å²) >= 11 is 0. The van der Waals surface area contributed by atoms with Crippen molar-refractivity contribution >= 4 is 16.7 Å². The van der Waals surface area contributed by atoms with Crippen LogP contribution in [0.15, 0.2) is 36.4 Å². The molecule has 0 fully saturated rings. The Bertz CT molecular complexity index is 725. The van der Waals surface area contributed by atoms with Gasteiger partial charge in [0, 0.05) is 12.6 Å². The lowest BCUT2D eigenvalue weighted by molar-refractivity contribution is -0.124. The van der Waals surface area contributed by atoms with Gasteiger partial charge >= 0.3 is 0 Å². The minimum Gasteiger partial charge on any atom is -0.493 e. The Labute approximate surface area is 131 Å². The molecule has 2 rings (SSSR count). The normalized spacial score (nSPS) is 9.95. The van der Waals surface area contributed by atoms with E-state index in [0.29, 0.717) is 13.2 Å². The molecule has 0 heterocycles. The largest absolute Gasteiger partial charge is 0.493 e. The number of rotatable bonds is 5. The first kappa shape index (κ1) is 15.9. The third kappa shape index (κ3) is 3.59. The molecule has 1 amide bonds. The second kappa shape index (κ2) is 7.51. The van der Waals surface area contributed by atoms with Crippen molar-refractivity contribution in [1.29, 1.82) is 0 Å². The van der Waals surface area contributed by atoms with Gasteiger partial charge in [0.15, 0.2) is 0 Å². The maximum absolute atomic E-state index is 11.9. The molecule has 0 N–H and O–H groups in total. The number of carbonyl (C=O) groups excluding carboxylic acids is 1. The van der Waals surface area contributed by atoms with E-state index < -0.39 is 0 Å². The molecule has 0 saturated heterocycles. The third-order valence-corrected chi connectivity index (χ3v) is 3.43. The molecule has 0 radical (unpaired) electrons. The van der Waals surface area contributed by atoms with Gasteiger partial charge in [0.2, 0.25) is 0 Å². The summed E-state index contributed by atoms with van der Waals surface area (Å²) in [6.45, 7) is 4.89. The van der Waals surface area contributed by atoms with Crippen LogP contribution in [0.3, 0.4) is 0 Å². The molecule has 2 aromatic rings. The highest BCUT2D eigenvalue weighted by atomic mass is 16.5. The molecule has 0 saturated carbocycles. The van der Waals surface area contributed by atoms with Gasteiger partial charge in [-0.05, 0) is 36.1 Å². The smallest absolute Gasteiger partial charge is 0.298 e. The number of carbonyl (C=O) groups is 1. The van der Waals surface area contributed by atoms with Crippen molar-refractivity contribution in [2.75, 3.05) is 13.7 Å². The number of amides is 1. The van der Waals surface area contributed by atoms with E-state index in [2.05, 4.69) is 37.0 Å². The SMILES string of the molecule is CC#CC(=O)N(C)Cc1c(OCCC)ccc2ccccc12. The molecule has 114 valence electrons. The van der Waals surface area contributed by atoms with E-state index in [0.717, 1.165) is 28.5 Å². The Balaban J connectivity index is 2.42. The Morgan fingerprint density at radius 2 is 2.00 bits per heavy atom. The van der Waals surface area contributed by atoms with Crippen molar-refractivity contribution in [2.24, 2.45) is 0 Å². The number of ether oxygens (including phenoxy) is 1. The van der Waals surface area contributed by atoms with Gasteiger partial charge in [-0.2, -0.15) is 0 Å². The topological polar surface area (TPSA) is 29.5 Å². The van der Waals surface area contributed by atoms with Crippen LogP contribution in [0.1, 0.15) is 25.8 Å². The molecule has 22 heavy (non-hydrogen) atoms. The fourth-order valence-corrected chi connectivity index (χ4v) is 2.34. The molecule has 0 aromatic heterocycles. The monoisotopic (exact) mass is 295 g/mol. The van der Waals surface area contributed by atoms with Gasteiger partial charge in [-0.25, -0.2) is 0 Å². The molecular formula is C19H21NO2. The number of benzene rings is 2. The van der Waals surface area contributed by atoms with Crippen molar-refractivity contribution < 1.29 is 9.53 Å². The van der Waals surface area contributed by atoms with E-state index >= 15 is 0 Å². The van der Waals surface area contributed by atoms with Crippen LogP contribution < -0.4 is 4.74 Å². The highest BCUT2D eigenvalue weighted by Crippen LogP contribution is 2.29. The fourth-order valence-electron chi connectivity index (χ4n) is 2.34. The third-order valence-electron chi connectivity index (χ3n) is 3.43. The summed E-state index contributed by atoms with van der Waals surface area (Å²) in [5, 5.41) is 2.25. The average Bonchev–Trinajstić information content (AvgIpc) is 2.54. The minimum atomic E-state index is -0.183. The lowest BCUT2D eigenvalue weighted by atomic mass is 10.0. The van der Waals surface area contributed by atoms with Crippen LogP contribution in [0.25, 0.3) is 10.8 Å². The van der Waals surface area contributed by atoms with Gasteiger partial charge in [-0.1, -0.05) is 43.2 Å². The molecule has 0 atom stereocenters. The minimum absolute atomic E-state index is 0.183. The highest BCUT2D eigenvalue weighted by molar-refractivity contribution is 5.94. The van der Waals surface area contributed by atoms with Crippen LogP contribution >= 0.6 is 0 Å². The summed E-state index contributed by atoms with van der Waals surface area (Å²) in [6, 6.07) is 12.2. The van der Waals surface area contributed by atoms with Gasteiger partial charge < -0.3 is 9.64 Å². The van der Waals surface area contributed by atoms with Crippen LogP contribution in [0, 0.1) is 11.8 Å². The summed E-state index contributed by atoms with van der Waals surface area (Å²) in [7, 11) is 1.76. The van der Waals surface area contributed by atoms with E-state index in [1.165, 1.54) is 0 Å². The molecule has 3 heteroatoms. The van der Waals surface area contributed by atoms with Crippen LogP contribution in [0.4, 0.5) is 0 Å². The molecule has 3 nitrogen and oxygen atoms in total. The molecule has 0 bridgehead atoms. The van der Waals surface area contributed by atoms with Crippen molar-refractivity contribution in [3.63, 3.8) is 0 Å². The second-order valence-electron chi connectivity index (χ2n) is 5.15. The van der Waals surface area contributed by atoms with Crippen molar-refractivity contribution in [2.45, 2.75) is 26.8 Å². The quantitative estimate of drug-likeness (QED) is 0.789. The standard InChI is InChI=1S/C19H21NO2/c1-4-8-19(21)20(3)14-17-16-10-7-6-9-15(16)11-12-18(17)22-13-5-2/h6-7,9-12H,5,13-14H2,1-3H3. The van der Waals surface area contributed by atoms with Gasteiger partial charge in [0.1, 0.15) is 5.75 Å². The van der Waals surface area contributed by atoms with Gasteiger partial charge in [0.05, 0.1) is 13.2 Å².